The van der Waals surface area contributed by atoms with Crippen LogP contribution in [0, 0.1) is 18.8 Å². The van der Waals surface area contributed by atoms with Crippen LogP contribution in [-0.4, -0.2) is 10.7 Å². The Balaban J connectivity index is 1.94. The van der Waals surface area contributed by atoms with Crippen molar-refractivity contribution in [2.75, 3.05) is 0 Å². The molecule has 1 aromatic carbocycles. The van der Waals surface area contributed by atoms with Crippen LogP contribution in [0.5, 0.6) is 5.75 Å². The quantitative estimate of drug-likeness (QED) is 0.764. The van der Waals surface area contributed by atoms with Gasteiger partial charge in [0.25, 0.3) is 0 Å². The zero-order valence-corrected chi connectivity index (χ0v) is 12.1. The third kappa shape index (κ3) is 2.16. The second kappa shape index (κ2) is 4.52. The van der Waals surface area contributed by atoms with Crippen LogP contribution in [0.4, 0.5) is 0 Å². The molecule has 1 aliphatic carbocycles. The van der Waals surface area contributed by atoms with Crippen molar-refractivity contribution >= 4 is 0 Å². The maximum Gasteiger partial charge on any atom is 0.125 e. The van der Waals surface area contributed by atoms with Gasteiger partial charge in [-0.1, -0.05) is 25.5 Å². The number of hydrogen-bond acceptors (Lipinski definition) is 2. The first-order valence-corrected chi connectivity index (χ1v) is 7.48. The molecule has 0 saturated heterocycles. The van der Waals surface area contributed by atoms with Crippen LogP contribution < -0.4 is 4.74 Å². The van der Waals surface area contributed by atoms with Crippen LogP contribution in [0.2, 0.25) is 0 Å². The van der Waals surface area contributed by atoms with E-state index in [0.29, 0.717) is 5.92 Å². The number of fused-ring (bicyclic) bond motifs is 1. The maximum absolute atomic E-state index is 10.5. The van der Waals surface area contributed by atoms with Crippen molar-refractivity contribution < 1.29 is 9.84 Å². The van der Waals surface area contributed by atoms with Crippen LogP contribution in [0.25, 0.3) is 0 Å². The molecule has 0 amide bonds. The topological polar surface area (TPSA) is 29.5 Å². The van der Waals surface area contributed by atoms with E-state index in [4.69, 9.17) is 4.74 Å². The molecule has 0 radical (unpaired) electrons. The first-order chi connectivity index (χ1) is 9.00. The summed E-state index contributed by atoms with van der Waals surface area (Å²) in [5.74, 6) is 2.19. The van der Waals surface area contributed by atoms with Crippen molar-refractivity contribution in [2.24, 2.45) is 11.8 Å². The first-order valence-electron chi connectivity index (χ1n) is 7.48. The third-order valence-electron chi connectivity index (χ3n) is 5.09. The molecule has 2 heteroatoms. The molecule has 2 aliphatic rings. The lowest BCUT2D eigenvalue weighted by atomic mass is 9.68. The molecular weight excluding hydrogens is 236 g/mol. The van der Waals surface area contributed by atoms with E-state index in [2.05, 4.69) is 32.9 Å². The summed E-state index contributed by atoms with van der Waals surface area (Å²) in [5, 5.41) is 10.5. The van der Waals surface area contributed by atoms with E-state index in [1.165, 1.54) is 18.4 Å². The number of hydrogen-bond donors (Lipinski definition) is 1. The molecule has 19 heavy (non-hydrogen) atoms. The first kappa shape index (κ1) is 13.0. The molecule has 3 rings (SSSR count). The lowest BCUT2D eigenvalue weighted by Crippen LogP contribution is -2.49. The van der Waals surface area contributed by atoms with Crippen LogP contribution >= 0.6 is 0 Å². The Morgan fingerprint density at radius 1 is 1.32 bits per heavy atom. The Kier molecular flexibility index (Phi) is 3.09. The van der Waals surface area contributed by atoms with Crippen LogP contribution in [0.3, 0.4) is 0 Å². The van der Waals surface area contributed by atoms with Crippen molar-refractivity contribution in [1.82, 2.24) is 0 Å². The van der Waals surface area contributed by atoms with Gasteiger partial charge in [0.05, 0.1) is 6.10 Å². The van der Waals surface area contributed by atoms with Gasteiger partial charge in [0.15, 0.2) is 0 Å². The van der Waals surface area contributed by atoms with Crippen molar-refractivity contribution in [3.63, 3.8) is 0 Å². The van der Waals surface area contributed by atoms with Crippen LogP contribution in [-0.2, 0) is 0 Å². The minimum atomic E-state index is -0.375. The Morgan fingerprint density at radius 2 is 2.11 bits per heavy atom. The number of aliphatic hydroxyl groups is 1. The summed E-state index contributed by atoms with van der Waals surface area (Å²) >= 11 is 0. The molecule has 1 fully saturated rings. The summed E-state index contributed by atoms with van der Waals surface area (Å²) < 4.78 is 6.39. The number of rotatable bonds is 0. The van der Waals surface area contributed by atoms with Gasteiger partial charge in [-0.3, -0.25) is 0 Å². The molecule has 1 N–H and O–H groups in total. The highest BCUT2D eigenvalue weighted by molar-refractivity contribution is 5.41. The van der Waals surface area contributed by atoms with E-state index in [9.17, 15) is 5.11 Å². The number of ether oxygens (including phenoxy) is 1. The number of aryl methyl sites for hydroxylation is 1. The van der Waals surface area contributed by atoms with Crippen molar-refractivity contribution in [2.45, 2.75) is 58.2 Å². The molecule has 2 nitrogen and oxygen atoms in total. The summed E-state index contributed by atoms with van der Waals surface area (Å²) in [7, 11) is 0. The molecule has 0 bridgehead atoms. The lowest BCUT2D eigenvalue weighted by molar-refractivity contribution is -0.0802. The summed E-state index contributed by atoms with van der Waals surface area (Å²) in [4.78, 5) is 0. The minimum absolute atomic E-state index is 0.145. The fourth-order valence-electron chi connectivity index (χ4n) is 3.85. The van der Waals surface area contributed by atoms with E-state index in [-0.39, 0.29) is 11.7 Å². The van der Waals surface area contributed by atoms with Crippen molar-refractivity contribution in [1.29, 1.82) is 0 Å². The van der Waals surface area contributed by atoms with E-state index in [1.807, 2.05) is 6.07 Å². The van der Waals surface area contributed by atoms with Gasteiger partial charge >= 0.3 is 0 Å². The highest BCUT2D eigenvalue weighted by Gasteiger charge is 2.47. The second-order valence-electron chi connectivity index (χ2n) is 6.71. The highest BCUT2D eigenvalue weighted by Crippen LogP contribution is 2.49. The maximum atomic E-state index is 10.5. The minimum Gasteiger partial charge on any atom is -0.487 e. The molecule has 1 heterocycles. The summed E-state index contributed by atoms with van der Waals surface area (Å²) in [5.41, 5.74) is 2.01. The molecular formula is C17H24O2. The van der Waals surface area contributed by atoms with Crippen molar-refractivity contribution in [3.05, 3.63) is 29.3 Å². The predicted octanol–water partition coefficient (Wildman–Crippen LogP) is 4.01. The van der Waals surface area contributed by atoms with Gasteiger partial charge in [0, 0.05) is 12.0 Å². The van der Waals surface area contributed by atoms with Gasteiger partial charge in [-0.15, -0.1) is 0 Å². The SMILES string of the molecule is Cc1ccc2c(c1)[C@H](O)CC1(CCC(C)CC1C)O2. The van der Waals surface area contributed by atoms with E-state index >= 15 is 0 Å². The Morgan fingerprint density at radius 3 is 2.84 bits per heavy atom. The Bertz CT molecular complexity index is 482. The molecule has 4 atom stereocenters. The standard InChI is InChI=1S/C17H24O2/c1-11-4-5-16-14(9-11)15(18)10-17(19-16)7-6-12(2)8-13(17)3/h4-5,9,12-13,15,18H,6-8,10H2,1-3H3/t12?,13?,15-,17?/m1/s1. The Hall–Kier alpha value is -1.02. The van der Waals surface area contributed by atoms with Gasteiger partial charge in [-0.25, -0.2) is 0 Å². The molecule has 1 aromatic rings. The van der Waals surface area contributed by atoms with Gasteiger partial charge in [-0.2, -0.15) is 0 Å². The average Bonchev–Trinajstić information content (AvgIpc) is 2.36. The second-order valence-corrected chi connectivity index (χ2v) is 6.71. The largest absolute Gasteiger partial charge is 0.487 e. The van der Waals surface area contributed by atoms with E-state index < -0.39 is 0 Å². The molecule has 0 aromatic heterocycles. The fourth-order valence-corrected chi connectivity index (χ4v) is 3.85. The number of benzene rings is 1. The van der Waals surface area contributed by atoms with Crippen LogP contribution in [0.15, 0.2) is 18.2 Å². The van der Waals surface area contributed by atoms with Crippen molar-refractivity contribution in [3.8, 4) is 5.75 Å². The summed E-state index contributed by atoms with van der Waals surface area (Å²) in [6.07, 6.45) is 3.85. The van der Waals surface area contributed by atoms with Gasteiger partial charge < -0.3 is 9.84 Å². The average molecular weight is 260 g/mol. The fraction of sp³-hybridized carbons (Fsp3) is 0.647. The Labute approximate surface area is 115 Å². The summed E-state index contributed by atoms with van der Waals surface area (Å²) in [6, 6.07) is 6.16. The van der Waals surface area contributed by atoms with Gasteiger partial charge in [0.1, 0.15) is 11.4 Å². The highest BCUT2D eigenvalue weighted by atomic mass is 16.5. The van der Waals surface area contributed by atoms with E-state index in [1.54, 1.807) is 0 Å². The molecule has 3 unspecified atom stereocenters. The monoisotopic (exact) mass is 260 g/mol. The van der Waals surface area contributed by atoms with E-state index in [0.717, 1.165) is 30.1 Å². The van der Waals surface area contributed by atoms with Crippen LogP contribution in [0.1, 0.15) is 56.8 Å². The molecule has 1 aliphatic heterocycles. The zero-order valence-electron chi connectivity index (χ0n) is 12.1. The molecule has 1 spiro atoms. The summed E-state index contributed by atoms with van der Waals surface area (Å²) in [6.45, 7) is 6.66. The van der Waals surface area contributed by atoms with Gasteiger partial charge in [-0.05, 0) is 50.2 Å². The smallest absolute Gasteiger partial charge is 0.125 e. The lowest BCUT2D eigenvalue weighted by Gasteiger charge is -2.48. The zero-order chi connectivity index (χ0) is 13.6. The van der Waals surface area contributed by atoms with Gasteiger partial charge in [0.2, 0.25) is 0 Å². The normalized spacial score (nSPS) is 37.8. The molecule has 104 valence electrons. The number of aliphatic hydroxyl groups excluding tert-OH is 1. The molecule has 1 saturated carbocycles. The predicted molar refractivity (Wildman–Crippen MR) is 76.3 cm³/mol. The third-order valence-corrected chi connectivity index (χ3v) is 5.09.